The van der Waals surface area contributed by atoms with E-state index in [9.17, 15) is 4.39 Å². The van der Waals surface area contributed by atoms with Crippen LogP contribution in [0.2, 0.25) is 0 Å². The fourth-order valence-electron chi connectivity index (χ4n) is 1.34. The summed E-state index contributed by atoms with van der Waals surface area (Å²) in [5, 5.41) is 8.87. The van der Waals surface area contributed by atoms with Crippen molar-refractivity contribution in [3.05, 3.63) is 35.1 Å². The van der Waals surface area contributed by atoms with Crippen LogP contribution in [-0.4, -0.2) is 11.7 Å². The molecule has 0 bridgehead atoms. The number of hydrogen-bond donors (Lipinski definition) is 2. The summed E-state index contributed by atoms with van der Waals surface area (Å²) in [5.41, 5.74) is 7.06. The molecule has 1 aromatic rings. The lowest BCUT2D eigenvalue weighted by Gasteiger charge is -2.13. The van der Waals surface area contributed by atoms with Gasteiger partial charge in [0, 0.05) is 0 Å². The van der Waals surface area contributed by atoms with Gasteiger partial charge < -0.3 is 10.8 Å². The van der Waals surface area contributed by atoms with Gasteiger partial charge in [0.2, 0.25) is 0 Å². The molecule has 0 amide bonds. The smallest absolute Gasteiger partial charge is 0.126 e. The van der Waals surface area contributed by atoms with Gasteiger partial charge in [-0.2, -0.15) is 0 Å². The quantitative estimate of drug-likeness (QED) is 0.777. The van der Waals surface area contributed by atoms with Crippen LogP contribution in [0.15, 0.2) is 18.2 Å². The Morgan fingerprint density at radius 2 is 2.07 bits per heavy atom. The van der Waals surface area contributed by atoms with Gasteiger partial charge in [0.05, 0.1) is 12.6 Å². The standard InChI is InChI=1S/C11H16FNO/c1-7(2)9-5-8(11(13)6-14)3-4-10(9)12/h3-5,7,11,14H,6,13H2,1-2H3. The number of nitrogens with two attached hydrogens (primary N) is 1. The van der Waals surface area contributed by atoms with Gasteiger partial charge >= 0.3 is 0 Å². The van der Waals surface area contributed by atoms with Crippen LogP contribution in [0.4, 0.5) is 4.39 Å². The third kappa shape index (κ3) is 2.30. The van der Waals surface area contributed by atoms with Gasteiger partial charge in [-0.3, -0.25) is 0 Å². The summed E-state index contributed by atoms with van der Waals surface area (Å²) >= 11 is 0. The first-order chi connectivity index (χ1) is 6.56. The predicted molar refractivity (Wildman–Crippen MR) is 54.5 cm³/mol. The van der Waals surface area contributed by atoms with Gasteiger partial charge in [-0.1, -0.05) is 26.0 Å². The van der Waals surface area contributed by atoms with Gasteiger partial charge in [0.1, 0.15) is 5.82 Å². The highest BCUT2D eigenvalue weighted by Crippen LogP contribution is 2.22. The molecule has 3 N–H and O–H groups in total. The molecule has 1 unspecified atom stereocenters. The molecule has 14 heavy (non-hydrogen) atoms. The normalized spacial score (nSPS) is 13.3. The minimum atomic E-state index is -0.423. The second-order valence-corrected chi connectivity index (χ2v) is 3.72. The lowest BCUT2D eigenvalue weighted by Crippen LogP contribution is -2.15. The van der Waals surface area contributed by atoms with Crippen molar-refractivity contribution in [3.63, 3.8) is 0 Å². The third-order valence-corrected chi connectivity index (χ3v) is 2.27. The highest BCUT2D eigenvalue weighted by atomic mass is 19.1. The molecule has 0 saturated heterocycles. The molecule has 0 radical (unpaired) electrons. The second-order valence-electron chi connectivity index (χ2n) is 3.72. The van der Waals surface area contributed by atoms with E-state index in [4.69, 9.17) is 10.8 Å². The van der Waals surface area contributed by atoms with Gasteiger partial charge in [0.25, 0.3) is 0 Å². The molecule has 0 aliphatic rings. The summed E-state index contributed by atoms with van der Waals surface area (Å²) in [7, 11) is 0. The van der Waals surface area contributed by atoms with Crippen LogP contribution in [0.3, 0.4) is 0 Å². The molecule has 0 heterocycles. The van der Waals surface area contributed by atoms with Crippen LogP contribution in [0.5, 0.6) is 0 Å². The lowest BCUT2D eigenvalue weighted by atomic mass is 9.97. The molecule has 0 aliphatic heterocycles. The Kier molecular flexibility index (Phi) is 3.61. The van der Waals surface area contributed by atoms with Crippen molar-refractivity contribution in [1.82, 2.24) is 0 Å². The number of aliphatic hydroxyl groups excluding tert-OH is 1. The summed E-state index contributed by atoms with van der Waals surface area (Å²) in [6, 6.07) is 4.32. The Balaban J connectivity index is 3.06. The predicted octanol–water partition coefficient (Wildman–Crippen LogP) is 1.94. The lowest BCUT2D eigenvalue weighted by molar-refractivity contribution is 0.268. The summed E-state index contributed by atoms with van der Waals surface area (Å²) in [4.78, 5) is 0. The first-order valence-corrected chi connectivity index (χ1v) is 4.72. The summed E-state index contributed by atoms with van der Waals surface area (Å²) in [5.74, 6) is -0.0882. The van der Waals surface area contributed by atoms with E-state index in [-0.39, 0.29) is 18.3 Å². The van der Waals surface area contributed by atoms with Gasteiger partial charge in [-0.25, -0.2) is 4.39 Å². The molecule has 0 saturated carbocycles. The molecule has 1 atom stereocenters. The number of rotatable bonds is 3. The van der Waals surface area contributed by atoms with Crippen molar-refractivity contribution in [2.45, 2.75) is 25.8 Å². The Morgan fingerprint density at radius 3 is 2.57 bits per heavy atom. The van der Waals surface area contributed by atoms with Crippen LogP contribution in [0, 0.1) is 5.82 Å². The van der Waals surface area contributed by atoms with Crippen molar-refractivity contribution in [1.29, 1.82) is 0 Å². The SMILES string of the molecule is CC(C)c1cc(C(N)CO)ccc1F. The Bertz CT molecular complexity index is 312. The molecule has 0 aliphatic carbocycles. The van der Waals surface area contributed by atoms with Crippen LogP contribution >= 0.6 is 0 Å². The fraction of sp³-hybridized carbons (Fsp3) is 0.455. The maximum Gasteiger partial charge on any atom is 0.126 e. The van der Waals surface area contributed by atoms with Crippen LogP contribution in [-0.2, 0) is 0 Å². The third-order valence-electron chi connectivity index (χ3n) is 2.27. The van der Waals surface area contributed by atoms with E-state index in [0.29, 0.717) is 5.56 Å². The average molecular weight is 197 g/mol. The van der Waals surface area contributed by atoms with Crippen LogP contribution in [0.1, 0.15) is 36.9 Å². The zero-order valence-electron chi connectivity index (χ0n) is 8.50. The van der Waals surface area contributed by atoms with E-state index in [2.05, 4.69) is 0 Å². The molecule has 0 spiro atoms. The van der Waals surface area contributed by atoms with Crippen molar-refractivity contribution in [2.24, 2.45) is 5.73 Å². The Hall–Kier alpha value is -0.930. The van der Waals surface area contributed by atoms with E-state index < -0.39 is 6.04 Å². The van der Waals surface area contributed by atoms with Crippen molar-refractivity contribution >= 4 is 0 Å². The second kappa shape index (κ2) is 4.53. The highest BCUT2D eigenvalue weighted by molar-refractivity contribution is 5.29. The monoisotopic (exact) mass is 197 g/mol. The number of aliphatic hydroxyl groups is 1. The van der Waals surface area contributed by atoms with Crippen LogP contribution in [0.25, 0.3) is 0 Å². The molecule has 0 fully saturated rings. The molecule has 3 heteroatoms. The first kappa shape index (κ1) is 11.1. The summed E-state index contributed by atoms with van der Waals surface area (Å²) in [6.07, 6.45) is 0. The van der Waals surface area contributed by atoms with Crippen molar-refractivity contribution in [2.75, 3.05) is 6.61 Å². The summed E-state index contributed by atoms with van der Waals surface area (Å²) in [6.45, 7) is 3.72. The summed E-state index contributed by atoms with van der Waals surface area (Å²) < 4.78 is 13.3. The topological polar surface area (TPSA) is 46.2 Å². The number of hydrogen-bond acceptors (Lipinski definition) is 2. The molecule has 0 aromatic heterocycles. The molecule has 1 rings (SSSR count). The highest BCUT2D eigenvalue weighted by Gasteiger charge is 2.10. The molecular formula is C11H16FNO. The van der Waals surface area contributed by atoms with E-state index in [1.54, 1.807) is 12.1 Å². The minimum absolute atomic E-state index is 0.122. The zero-order valence-corrected chi connectivity index (χ0v) is 8.50. The molecule has 78 valence electrons. The van der Waals surface area contributed by atoms with Gasteiger partial charge in [0.15, 0.2) is 0 Å². The average Bonchev–Trinajstić information content (AvgIpc) is 2.17. The number of halogens is 1. The Morgan fingerprint density at radius 1 is 1.43 bits per heavy atom. The minimum Gasteiger partial charge on any atom is -0.394 e. The molecule has 1 aromatic carbocycles. The van der Waals surface area contributed by atoms with Gasteiger partial charge in [-0.05, 0) is 23.1 Å². The van der Waals surface area contributed by atoms with E-state index in [0.717, 1.165) is 5.56 Å². The van der Waals surface area contributed by atoms with Crippen molar-refractivity contribution < 1.29 is 9.50 Å². The first-order valence-electron chi connectivity index (χ1n) is 4.72. The van der Waals surface area contributed by atoms with Gasteiger partial charge in [-0.15, -0.1) is 0 Å². The maximum atomic E-state index is 13.3. The Labute approximate surface area is 83.6 Å². The van der Waals surface area contributed by atoms with E-state index >= 15 is 0 Å². The fourth-order valence-corrected chi connectivity index (χ4v) is 1.34. The van der Waals surface area contributed by atoms with Crippen molar-refractivity contribution in [3.8, 4) is 0 Å². The number of benzene rings is 1. The zero-order chi connectivity index (χ0) is 10.7. The molecule has 2 nitrogen and oxygen atoms in total. The largest absolute Gasteiger partial charge is 0.394 e. The maximum absolute atomic E-state index is 13.3. The van der Waals surface area contributed by atoms with E-state index in [1.165, 1.54) is 6.07 Å². The molecular weight excluding hydrogens is 181 g/mol. The van der Waals surface area contributed by atoms with E-state index in [1.807, 2.05) is 13.8 Å². The van der Waals surface area contributed by atoms with Crippen LogP contribution < -0.4 is 5.73 Å².